The summed E-state index contributed by atoms with van der Waals surface area (Å²) in [7, 11) is 3.81. The molecule has 0 radical (unpaired) electrons. The first kappa shape index (κ1) is 25.5. The number of fused-ring (bicyclic) bond motifs is 1. The maximum Gasteiger partial charge on any atom is 0.410 e. The predicted octanol–water partition coefficient (Wildman–Crippen LogP) is 4.26. The fraction of sp³-hybridized carbons (Fsp3) is 0.481. The number of pyridine rings is 2. The van der Waals surface area contributed by atoms with Gasteiger partial charge in [-0.2, -0.15) is 0 Å². The summed E-state index contributed by atoms with van der Waals surface area (Å²) in [6.45, 7) is 7.14. The smallest absolute Gasteiger partial charge is 0.410 e. The number of amides is 2. The minimum atomic E-state index is -0.535. The number of imidazole rings is 1. The SMILES string of the molecule is CN(C)c1cncc(C(=O)NCc2cn3cc(CN(CC4CCC4)C(=O)OC(C)(C)C)ccc3n2)c1. The predicted molar refractivity (Wildman–Crippen MR) is 139 cm³/mol. The van der Waals surface area contributed by atoms with Crippen molar-refractivity contribution in [2.75, 3.05) is 25.5 Å². The number of carbonyl (C=O) groups excluding carboxylic acids is 2. The summed E-state index contributed by atoms with van der Waals surface area (Å²) in [5, 5.41) is 2.92. The number of hydrogen-bond acceptors (Lipinski definition) is 6. The maximum absolute atomic E-state index is 12.9. The minimum Gasteiger partial charge on any atom is -0.444 e. The summed E-state index contributed by atoms with van der Waals surface area (Å²) in [5.41, 5.74) is 3.35. The molecule has 0 spiro atoms. The van der Waals surface area contributed by atoms with Crippen LogP contribution in [0.15, 0.2) is 43.0 Å². The highest BCUT2D eigenvalue weighted by molar-refractivity contribution is 5.94. The van der Waals surface area contributed by atoms with E-state index in [0.717, 1.165) is 35.4 Å². The molecule has 0 aromatic carbocycles. The first-order valence-electron chi connectivity index (χ1n) is 12.4. The van der Waals surface area contributed by atoms with Crippen LogP contribution >= 0.6 is 0 Å². The molecule has 1 saturated carbocycles. The number of hydrogen-bond donors (Lipinski definition) is 1. The Hall–Kier alpha value is -3.62. The molecular formula is C27H36N6O3. The first-order valence-corrected chi connectivity index (χ1v) is 12.4. The number of nitrogens with zero attached hydrogens (tertiary/aromatic N) is 5. The van der Waals surface area contributed by atoms with Crippen molar-refractivity contribution in [3.05, 3.63) is 59.8 Å². The van der Waals surface area contributed by atoms with E-state index < -0.39 is 5.60 Å². The topological polar surface area (TPSA) is 92.1 Å². The zero-order valence-corrected chi connectivity index (χ0v) is 21.8. The molecule has 3 aromatic heterocycles. The Morgan fingerprint density at radius 3 is 2.61 bits per heavy atom. The van der Waals surface area contributed by atoms with Gasteiger partial charge in [-0.05, 0) is 57.2 Å². The lowest BCUT2D eigenvalue weighted by molar-refractivity contribution is 0.0173. The Morgan fingerprint density at radius 1 is 1.17 bits per heavy atom. The van der Waals surface area contributed by atoms with Gasteiger partial charge in [0.1, 0.15) is 11.2 Å². The van der Waals surface area contributed by atoms with Crippen LogP contribution in [0.4, 0.5) is 10.5 Å². The molecule has 2 amide bonds. The molecule has 1 aliphatic carbocycles. The lowest BCUT2D eigenvalue weighted by Gasteiger charge is -2.33. The average Bonchev–Trinajstić information content (AvgIpc) is 3.20. The number of nitrogens with one attached hydrogen (secondary N) is 1. The number of aromatic nitrogens is 3. The third-order valence-electron chi connectivity index (χ3n) is 6.22. The molecule has 0 unspecified atom stereocenters. The summed E-state index contributed by atoms with van der Waals surface area (Å²) in [5.74, 6) is 0.339. The normalized spacial score (nSPS) is 13.8. The van der Waals surface area contributed by atoms with Crippen LogP contribution < -0.4 is 10.2 Å². The van der Waals surface area contributed by atoms with Gasteiger partial charge < -0.3 is 24.3 Å². The van der Waals surface area contributed by atoms with Crippen LogP contribution in [0.1, 0.15) is 61.6 Å². The highest BCUT2D eigenvalue weighted by atomic mass is 16.6. The van der Waals surface area contributed by atoms with Crippen LogP contribution in [0.2, 0.25) is 0 Å². The zero-order chi connectivity index (χ0) is 25.9. The average molecular weight is 493 g/mol. The highest BCUT2D eigenvalue weighted by Crippen LogP contribution is 2.28. The minimum absolute atomic E-state index is 0.201. The number of rotatable bonds is 8. The summed E-state index contributed by atoms with van der Waals surface area (Å²) in [4.78, 5) is 38.0. The van der Waals surface area contributed by atoms with Crippen LogP contribution in [0.25, 0.3) is 5.65 Å². The monoisotopic (exact) mass is 492 g/mol. The molecule has 4 rings (SSSR count). The molecule has 3 heterocycles. The molecule has 1 N–H and O–H groups in total. The Bertz CT molecular complexity index is 1230. The molecular weight excluding hydrogens is 456 g/mol. The van der Waals surface area contributed by atoms with Crippen molar-refractivity contribution in [2.24, 2.45) is 5.92 Å². The second-order valence-electron chi connectivity index (χ2n) is 10.7. The van der Waals surface area contributed by atoms with Gasteiger partial charge in [-0.1, -0.05) is 12.5 Å². The van der Waals surface area contributed by atoms with Gasteiger partial charge in [0, 0.05) is 39.2 Å². The molecule has 36 heavy (non-hydrogen) atoms. The largest absolute Gasteiger partial charge is 0.444 e. The van der Waals surface area contributed by atoms with E-state index in [1.54, 1.807) is 18.5 Å². The van der Waals surface area contributed by atoms with Gasteiger partial charge in [-0.3, -0.25) is 9.78 Å². The summed E-state index contributed by atoms with van der Waals surface area (Å²) >= 11 is 0. The van der Waals surface area contributed by atoms with Gasteiger partial charge >= 0.3 is 6.09 Å². The van der Waals surface area contributed by atoms with Crippen LogP contribution in [0.3, 0.4) is 0 Å². The van der Waals surface area contributed by atoms with Gasteiger partial charge in [-0.25, -0.2) is 9.78 Å². The van der Waals surface area contributed by atoms with Gasteiger partial charge in [-0.15, -0.1) is 0 Å². The fourth-order valence-corrected chi connectivity index (χ4v) is 4.08. The number of anilines is 1. The first-order chi connectivity index (χ1) is 17.1. The van der Waals surface area contributed by atoms with E-state index in [-0.39, 0.29) is 12.0 Å². The molecule has 9 heteroatoms. The van der Waals surface area contributed by atoms with E-state index in [9.17, 15) is 9.59 Å². The maximum atomic E-state index is 12.9. The highest BCUT2D eigenvalue weighted by Gasteiger charge is 2.27. The summed E-state index contributed by atoms with van der Waals surface area (Å²) in [6, 6.07) is 5.72. The Balaban J connectivity index is 1.42. The number of carbonyl (C=O) groups is 2. The van der Waals surface area contributed by atoms with Gasteiger partial charge in [0.05, 0.1) is 36.2 Å². The van der Waals surface area contributed by atoms with Crippen molar-refractivity contribution in [1.29, 1.82) is 0 Å². The Kier molecular flexibility index (Phi) is 7.47. The van der Waals surface area contributed by atoms with Crippen LogP contribution in [0, 0.1) is 5.92 Å². The Labute approximate surface area is 212 Å². The van der Waals surface area contributed by atoms with E-state index in [1.165, 1.54) is 6.42 Å². The zero-order valence-electron chi connectivity index (χ0n) is 21.8. The lowest BCUT2D eigenvalue weighted by atomic mass is 9.85. The van der Waals surface area contributed by atoms with Crippen LogP contribution in [-0.2, 0) is 17.8 Å². The third kappa shape index (κ3) is 6.53. The van der Waals surface area contributed by atoms with Crippen molar-refractivity contribution < 1.29 is 14.3 Å². The standard InChI is InChI=1S/C27H36N6O3/c1-27(2,3)36-26(35)33(15-19-7-6-8-19)17-20-9-10-24-30-22(18-32(24)16-20)13-29-25(34)21-11-23(31(4)5)14-28-12-21/h9-12,14,16,18-19H,6-8,13,15,17H2,1-5H3,(H,29,34). The fourth-order valence-electron chi connectivity index (χ4n) is 4.08. The van der Waals surface area contributed by atoms with E-state index in [2.05, 4.69) is 15.3 Å². The lowest BCUT2D eigenvalue weighted by Crippen LogP contribution is -2.40. The van der Waals surface area contributed by atoms with Crippen molar-refractivity contribution in [2.45, 2.75) is 58.7 Å². The summed E-state index contributed by atoms with van der Waals surface area (Å²) in [6.07, 6.45) is 10.4. The van der Waals surface area contributed by atoms with Gasteiger partial charge in [0.25, 0.3) is 5.91 Å². The third-order valence-corrected chi connectivity index (χ3v) is 6.22. The van der Waals surface area contributed by atoms with E-state index >= 15 is 0 Å². The molecule has 3 aromatic rings. The van der Waals surface area contributed by atoms with Crippen molar-refractivity contribution in [1.82, 2.24) is 24.6 Å². The van der Waals surface area contributed by atoms with Crippen molar-refractivity contribution in [3.63, 3.8) is 0 Å². The van der Waals surface area contributed by atoms with E-state index in [4.69, 9.17) is 4.74 Å². The molecule has 9 nitrogen and oxygen atoms in total. The Morgan fingerprint density at radius 2 is 1.94 bits per heavy atom. The molecule has 1 aliphatic rings. The van der Waals surface area contributed by atoms with E-state index in [0.29, 0.717) is 31.1 Å². The molecule has 0 aliphatic heterocycles. The molecule has 1 fully saturated rings. The van der Waals surface area contributed by atoms with Crippen molar-refractivity contribution in [3.8, 4) is 0 Å². The van der Waals surface area contributed by atoms with Crippen molar-refractivity contribution >= 4 is 23.3 Å². The van der Waals surface area contributed by atoms with Gasteiger partial charge in [0.2, 0.25) is 0 Å². The molecule has 0 atom stereocenters. The molecule has 0 saturated heterocycles. The number of ether oxygens (including phenoxy) is 1. The van der Waals surface area contributed by atoms with Gasteiger partial charge in [0.15, 0.2) is 0 Å². The van der Waals surface area contributed by atoms with E-state index in [1.807, 2.05) is 73.6 Å². The second kappa shape index (κ2) is 10.6. The second-order valence-corrected chi connectivity index (χ2v) is 10.7. The van der Waals surface area contributed by atoms with Crippen LogP contribution in [0.5, 0.6) is 0 Å². The quantitative estimate of drug-likeness (QED) is 0.505. The molecule has 192 valence electrons. The molecule has 0 bridgehead atoms. The summed E-state index contributed by atoms with van der Waals surface area (Å²) < 4.78 is 7.60. The van der Waals surface area contributed by atoms with Crippen LogP contribution in [-0.4, -0.2) is 57.5 Å².